The van der Waals surface area contributed by atoms with Crippen LogP contribution in [0.4, 0.5) is 5.69 Å². The predicted molar refractivity (Wildman–Crippen MR) is 141 cm³/mol. The van der Waals surface area contributed by atoms with Crippen molar-refractivity contribution in [2.24, 2.45) is 5.92 Å². The minimum absolute atomic E-state index is 0.0154. The SMILES string of the molecule is CCC(C)C(=O)Oc1cc(NC(=O)c2c[nH]c3ccccc3c2=O)c(C(C)(C)C)cc1C(C)(C)C. The van der Waals surface area contributed by atoms with E-state index in [1.807, 2.05) is 26.0 Å². The van der Waals surface area contributed by atoms with Crippen LogP contribution < -0.4 is 15.5 Å². The van der Waals surface area contributed by atoms with Crippen molar-refractivity contribution >= 4 is 28.5 Å². The van der Waals surface area contributed by atoms with Crippen molar-refractivity contribution in [1.82, 2.24) is 4.98 Å². The van der Waals surface area contributed by atoms with Crippen molar-refractivity contribution < 1.29 is 14.3 Å². The Kier molecular flexibility index (Phi) is 7.25. The normalized spacial score (nSPS) is 12.9. The van der Waals surface area contributed by atoms with Gasteiger partial charge in [-0.2, -0.15) is 0 Å². The lowest BCUT2D eigenvalue weighted by atomic mass is 9.79. The lowest BCUT2D eigenvalue weighted by molar-refractivity contribution is -0.138. The molecule has 0 saturated heterocycles. The quantitative estimate of drug-likeness (QED) is 0.333. The van der Waals surface area contributed by atoms with Crippen molar-refractivity contribution in [3.63, 3.8) is 0 Å². The van der Waals surface area contributed by atoms with Crippen LogP contribution in [0.3, 0.4) is 0 Å². The van der Waals surface area contributed by atoms with Gasteiger partial charge in [-0.15, -0.1) is 0 Å². The molecule has 6 nitrogen and oxygen atoms in total. The lowest BCUT2D eigenvalue weighted by Gasteiger charge is -2.29. The molecule has 186 valence electrons. The molecule has 6 heteroatoms. The molecule has 0 aliphatic rings. The number of carbonyl (C=O) groups excluding carboxylic acids is 2. The fourth-order valence-corrected chi connectivity index (χ4v) is 3.88. The zero-order chi connectivity index (χ0) is 26.1. The number of H-pyrrole nitrogens is 1. The van der Waals surface area contributed by atoms with E-state index in [9.17, 15) is 14.4 Å². The topological polar surface area (TPSA) is 88.3 Å². The highest BCUT2D eigenvalue weighted by Crippen LogP contribution is 2.40. The molecule has 2 aromatic carbocycles. The number of aromatic amines is 1. The fourth-order valence-electron chi connectivity index (χ4n) is 3.88. The Morgan fingerprint density at radius 2 is 1.63 bits per heavy atom. The number of esters is 1. The molecule has 0 fully saturated rings. The van der Waals surface area contributed by atoms with E-state index in [0.29, 0.717) is 28.8 Å². The monoisotopic (exact) mass is 476 g/mol. The van der Waals surface area contributed by atoms with Crippen molar-refractivity contribution in [2.45, 2.75) is 72.6 Å². The van der Waals surface area contributed by atoms with Crippen molar-refractivity contribution in [2.75, 3.05) is 5.32 Å². The Morgan fingerprint density at radius 3 is 2.23 bits per heavy atom. The molecule has 3 aromatic rings. The van der Waals surface area contributed by atoms with Crippen molar-refractivity contribution in [1.29, 1.82) is 0 Å². The van der Waals surface area contributed by atoms with Gasteiger partial charge in [-0.05, 0) is 41.0 Å². The summed E-state index contributed by atoms with van der Waals surface area (Å²) in [7, 11) is 0. The minimum atomic E-state index is -0.523. The molecule has 0 aliphatic carbocycles. The van der Waals surface area contributed by atoms with Gasteiger partial charge in [0, 0.05) is 34.4 Å². The van der Waals surface area contributed by atoms with Gasteiger partial charge in [0.2, 0.25) is 5.43 Å². The van der Waals surface area contributed by atoms with Crippen LogP contribution in [0.5, 0.6) is 5.75 Å². The maximum atomic E-state index is 13.3. The molecule has 1 amide bonds. The summed E-state index contributed by atoms with van der Waals surface area (Å²) >= 11 is 0. The third kappa shape index (κ3) is 5.64. The van der Waals surface area contributed by atoms with E-state index in [2.05, 4.69) is 51.8 Å². The summed E-state index contributed by atoms with van der Waals surface area (Å²) in [6, 6.07) is 10.8. The zero-order valence-electron chi connectivity index (χ0n) is 22.0. The van der Waals surface area contributed by atoms with Gasteiger partial charge in [0.1, 0.15) is 11.3 Å². The van der Waals surface area contributed by atoms with Gasteiger partial charge >= 0.3 is 5.97 Å². The number of para-hydroxylation sites is 1. The van der Waals surface area contributed by atoms with E-state index >= 15 is 0 Å². The number of amides is 1. The first-order valence-electron chi connectivity index (χ1n) is 12.1. The second kappa shape index (κ2) is 9.68. The molecule has 1 heterocycles. The number of hydrogen-bond acceptors (Lipinski definition) is 4. The van der Waals surface area contributed by atoms with Gasteiger partial charge in [-0.3, -0.25) is 14.4 Å². The molecule has 35 heavy (non-hydrogen) atoms. The van der Waals surface area contributed by atoms with Gasteiger partial charge in [0.25, 0.3) is 5.91 Å². The van der Waals surface area contributed by atoms with Crippen molar-refractivity contribution in [3.8, 4) is 5.75 Å². The number of pyridine rings is 1. The summed E-state index contributed by atoms with van der Waals surface area (Å²) in [5.41, 5.74) is 1.98. The van der Waals surface area contributed by atoms with Crippen LogP contribution in [0.15, 0.2) is 47.4 Å². The third-order valence-corrected chi connectivity index (χ3v) is 6.24. The smallest absolute Gasteiger partial charge is 0.314 e. The molecule has 2 N–H and O–H groups in total. The Hall–Kier alpha value is -3.41. The Bertz CT molecular complexity index is 1320. The van der Waals surface area contributed by atoms with E-state index in [-0.39, 0.29) is 33.7 Å². The standard InChI is InChI=1S/C29H36N2O4/c1-9-17(2)27(34)35-24-15-23(20(28(3,4)5)14-21(24)29(6,7)8)31-26(33)19-16-30-22-13-11-10-12-18(22)25(19)32/h10-17H,9H2,1-8H3,(H,30,32)(H,31,33). The lowest BCUT2D eigenvalue weighted by Crippen LogP contribution is -2.26. The van der Waals surface area contributed by atoms with E-state index in [1.165, 1.54) is 6.20 Å². The highest BCUT2D eigenvalue weighted by Gasteiger charge is 2.29. The number of rotatable bonds is 5. The molecule has 1 unspecified atom stereocenters. The van der Waals surface area contributed by atoms with E-state index in [4.69, 9.17) is 4.74 Å². The summed E-state index contributed by atoms with van der Waals surface area (Å²) in [5, 5.41) is 3.37. The van der Waals surface area contributed by atoms with E-state index in [1.54, 1.807) is 24.3 Å². The van der Waals surface area contributed by atoms with Crippen LogP contribution in [0, 0.1) is 5.92 Å². The first-order chi connectivity index (χ1) is 16.2. The molecule has 1 atom stereocenters. The Labute approximate surface area is 207 Å². The summed E-state index contributed by atoms with van der Waals surface area (Å²) < 4.78 is 5.84. The number of ether oxygens (including phenoxy) is 1. The van der Waals surface area contributed by atoms with Crippen LogP contribution in [0.25, 0.3) is 10.9 Å². The maximum Gasteiger partial charge on any atom is 0.314 e. The number of fused-ring (bicyclic) bond motifs is 1. The molecule has 3 rings (SSSR count). The fraction of sp³-hybridized carbons (Fsp3) is 0.414. The highest BCUT2D eigenvalue weighted by atomic mass is 16.5. The van der Waals surface area contributed by atoms with Gasteiger partial charge < -0.3 is 15.0 Å². The van der Waals surface area contributed by atoms with Crippen molar-refractivity contribution in [3.05, 3.63) is 69.5 Å². The summed E-state index contributed by atoms with van der Waals surface area (Å²) in [6.07, 6.45) is 2.10. The highest BCUT2D eigenvalue weighted by molar-refractivity contribution is 6.06. The number of aromatic nitrogens is 1. The minimum Gasteiger partial charge on any atom is -0.426 e. The second-order valence-electron chi connectivity index (χ2n) is 11.2. The van der Waals surface area contributed by atoms with Gasteiger partial charge in [-0.25, -0.2) is 0 Å². The summed E-state index contributed by atoms with van der Waals surface area (Å²) in [5.74, 6) is -0.673. The zero-order valence-corrected chi connectivity index (χ0v) is 22.0. The van der Waals surface area contributed by atoms with Gasteiger partial charge in [0.05, 0.1) is 5.92 Å². The summed E-state index contributed by atoms with van der Waals surface area (Å²) in [4.78, 5) is 42.0. The third-order valence-electron chi connectivity index (χ3n) is 6.24. The molecular weight excluding hydrogens is 440 g/mol. The number of hydrogen-bond donors (Lipinski definition) is 2. The number of anilines is 1. The molecule has 0 aliphatic heterocycles. The molecule has 0 radical (unpaired) electrons. The van der Waals surface area contributed by atoms with Gasteiger partial charge in [0.15, 0.2) is 0 Å². The Balaban J connectivity index is 2.13. The first kappa shape index (κ1) is 26.2. The van der Waals surface area contributed by atoms with Crippen LogP contribution in [-0.4, -0.2) is 16.9 Å². The molecule has 1 aromatic heterocycles. The number of carbonyl (C=O) groups is 2. The Morgan fingerprint density at radius 1 is 1.00 bits per heavy atom. The average molecular weight is 477 g/mol. The van der Waals surface area contributed by atoms with Crippen LogP contribution in [0.2, 0.25) is 0 Å². The maximum absolute atomic E-state index is 13.3. The average Bonchev–Trinajstić information content (AvgIpc) is 2.77. The molecule has 0 bridgehead atoms. The second-order valence-corrected chi connectivity index (χ2v) is 11.2. The molecule has 0 spiro atoms. The van der Waals surface area contributed by atoms with E-state index in [0.717, 1.165) is 11.1 Å². The molecular formula is C29H36N2O4. The molecule has 0 saturated carbocycles. The summed E-state index contributed by atoms with van der Waals surface area (Å²) in [6.45, 7) is 16.1. The number of nitrogens with one attached hydrogen (secondary N) is 2. The number of benzene rings is 2. The predicted octanol–water partition coefficient (Wildman–Crippen LogP) is 6.33. The first-order valence-corrected chi connectivity index (χ1v) is 12.1. The van der Waals surface area contributed by atoms with Crippen LogP contribution in [-0.2, 0) is 15.6 Å². The van der Waals surface area contributed by atoms with Crippen LogP contribution in [0.1, 0.15) is 83.3 Å². The largest absolute Gasteiger partial charge is 0.426 e. The van der Waals surface area contributed by atoms with E-state index < -0.39 is 5.91 Å². The van der Waals surface area contributed by atoms with Gasteiger partial charge in [-0.1, -0.05) is 67.5 Å². The van der Waals surface area contributed by atoms with Crippen LogP contribution >= 0.6 is 0 Å².